The summed E-state index contributed by atoms with van der Waals surface area (Å²) in [6.45, 7) is 8.22. The van der Waals surface area contributed by atoms with Crippen molar-refractivity contribution < 1.29 is 37.0 Å². The second kappa shape index (κ2) is 14.9. The molecule has 0 spiro atoms. The average Bonchev–Trinajstić information content (AvgIpc) is 4.08. The molecule has 288 valence electrons. The van der Waals surface area contributed by atoms with Crippen molar-refractivity contribution in [2.24, 2.45) is 5.92 Å². The molecule has 14 heteroatoms. The standard InChI is InChI=1S/C40H49N5O8S/c1-23(2)30-12-10-13-31(41-30)32-20-35(29-16-17-34(51-5)24(3)36(29)42-32)53-27-19-33-37(46)43-40(39(48)44-54(49,50)28-14-15-28)21-26(40)11-8-6-7-9-18-52-25(4)38(47)45(33)22-27/h8,10-13,16-17,20,23,25-28,33H,6-7,9,14-15,18-19,21-22H2,1-5H3,(H,43,46)(H,44,48)/b11-8-/t25-,26-,27-,33+,40-/m1/s1. The molecule has 3 aromatic rings. The van der Waals surface area contributed by atoms with Crippen LogP contribution in [0.3, 0.4) is 0 Å². The van der Waals surface area contributed by atoms with E-state index in [-0.39, 0.29) is 31.2 Å². The van der Waals surface area contributed by atoms with Gasteiger partial charge in [0.1, 0.15) is 35.3 Å². The molecule has 2 N–H and O–H groups in total. The summed E-state index contributed by atoms with van der Waals surface area (Å²) in [6, 6.07) is 10.4. The lowest BCUT2D eigenvalue weighted by atomic mass is 10.1. The summed E-state index contributed by atoms with van der Waals surface area (Å²) in [4.78, 5) is 53.3. The minimum absolute atomic E-state index is 0.0819. The van der Waals surface area contributed by atoms with Crippen molar-refractivity contribution in [2.75, 3.05) is 20.3 Å². The predicted molar refractivity (Wildman–Crippen MR) is 202 cm³/mol. The number of ether oxygens (including phenoxy) is 3. The highest BCUT2D eigenvalue weighted by molar-refractivity contribution is 7.91. The number of methoxy groups -OCH3 is 1. The Morgan fingerprint density at radius 3 is 2.63 bits per heavy atom. The molecule has 2 aliphatic carbocycles. The van der Waals surface area contributed by atoms with E-state index in [0.717, 1.165) is 35.9 Å². The number of amides is 3. The van der Waals surface area contributed by atoms with Crippen molar-refractivity contribution in [3.8, 4) is 22.9 Å². The number of nitrogens with one attached hydrogen (secondary N) is 2. The molecule has 5 atom stereocenters. The number of pyridine rings is 2. The summed E-state index contributed by atoms with van der Waals surface area (Å²) in [6.07, 6.45) is 6.01. The monoisotopic (exact) mass is 759 g/mol. The van der Waals surface area contributed by atoms with Crippen molar-refractivity contribution in [1.82, 2.24) is 24.9 Å². The first-order chi connectivity index (χ1) is 25.8. The van der Waals surface area contributed by atoms with Crippen LogP contribution in [0.15, 0.2) is 48.6 Å². The smallest absolute Gasteiger partial charge is 0.259 e. The molecule has 3 amide bonds. The Labute approximate surface area is 316 Å². The Kier molecular flexibility index (Phi) is 10.4. The van der Waals surface area contributed by atoms with Crippen molar-refractivity contribution in [3.63, 3.8) is 0 Å². The lowest BCUT2D eigenvalue weighted by Crippen LogP contribution is -2.57. The number of carbonyl (C=O) groups is 3. The molecule has 3 fully saturated rings. The number of fused-ring (bicyclic) bond motifs is 3. The Balaban J connectivity index is 1.22. The summed E-state index contributed by atoms with van der Waals surface area (Å²) in [7, 11) is -2.25. The van der Waals surface area contributed by atoms with Gasteiger partial charge < -0.3 is 24.4 Å². The maximum atomic E-state index is 14.3. The van der Waals surface area contributed by atoms with Gasteiger partial charge in [-0.3, -0.25) is 24.1 Å². The largest absolute Gasteiger partial charge is 0.496 e. The van der Waals surface area contributed by atoms with Gasteiger partial charge in [0, 0.05) is 41.7 Å². The number of aryl methyl sites for hydroxylation is 1. The van der Waals surface area contributed by atoms with E-state index >= 15 is 0 Å². The number of allylic oxidation sites excluding steroid dienone is 1. The molecule has 0 unspecified atom stereocenters. The fraction of sp³-hybridized carbons (Fsp3) is 0.525. The van der Waals surface area contributed by atoms with Gasteiger partial charge in [-0.1, -0.05) is 32.1 Å². The van der Waals surface area contributed by atoms with E-state index in [9.17, 15) is 22.8 Å². The number of carbonyl (C=O) groups excluding carboxylic acids is 3. The molecule has 2 aromatic heterocycles. The van der Waals surface area contributed by atoms with Crippen molar-refractivity contribution in [2.45, 2.75) is 108 Å². The minimum Gasteiger partial charge on any atom is -0.496 e. The quantitative estimate of drug-likeness (QED) is 0.307. The zero-order valence-electron chi connectivity index (χ0n) is 31.5. The van der Waals surface area contributed by atoms with E-state index < -0.39 is 56.8 Å². The van der Waals surface area contributed by atoms with Gasteiger partial charge in [-0.05, 0) is 82.6 Å². The highest BCUT2D eigenvalue weighted by Crippen LogP contribution is 2.46. The number of benzene rings is 1. The van der Waals surface area contributed by atoms with Crippen molar-refractivity contribution >= 4 is 38.6 Å². The third-order valence-corrected chi connectivity index (χ3v) is 12.8. The Hall–Kier alpha value is -4.56. The van der Waals surface area contributed by atoms with Crippen LogP contribution in [-0.2, 0) is 29.1 Å². The van der Waals surface area contributed by atoms with E-state index in [0.29, 0.717) is 47.9 Å². The van der Waals surface area contributed by atoms with Gasteiger partial charge in [0.15, 0.2) is 0 Å². The first-order valence-electron chi connectivity index (χ1n) is 18.9. The topological polar surface area (TPSA) is 166 Å². The van der Waals surface area contributed by atoms with Crippen LogP contribution in [0.1, 0.15) is 82.9 Å². The number of hydrogen-bond donors (Lipinski definition) is 2. The van der Waals surface area contributed by atoms with Crippen LogP contribution in [0, 0.1) is 12.8 Å². The summed E-state index contributed by atoms with van der Waals surface area (Å²) in [5.74, 6) is -0.680. The predicted octanol–water partition coefficient (Wildman–Crippen LogP) is 4.71. The minimum atomic E-state index is -3.86. The van der Waals surface area contributed by atoms with Gasteiger partial charge in [0.05, 0.1) is 35.8 Å². The molecule has 2 saturated carbocycles. The molecule has 7 rings (SSSR count). The fourth-order valence-electron chi connectivity index (χ4n) is 7.46. The van der Waals surface area contributed by atoms with Gasteiger partial charge >= 0.3 is 0 Å². The second-order valence-corrected chi connectivity index (χ2v) is 17.2. The lowest BCUT2D eigenvalue weighted by Gasteiger charge is -2.28. The molecule has 1 saturated heterocycles. The summed E-state index contributed by atoms with van der Waals surface area (Å²) in [5, 5.41) is 3.04. The Morgan fingerprint density at radius 2 is 1.89 bits per heavy atom. The molecule has 13 nitrogen and oxygen atoms in total. The summed E-state index contributed by atoms with van der Waals surface area (Å²) in [5.41, 5.74) is 2.24. The lowest BCUT2D eigenvalue weighted by molar-refractivity contribution is -0.147. The van der Waals surface area contributed by atoms with Crippen LogP contribution in [0.5, 0.6) is 11.5 Å². The number of nitrogens with zero attached hydrogens (tertiary/aromatic N) is 3. The van der Waals surface area contributed by atoms with Crippen LogP contribution in [0.4, 0.5) is 0 Å². The SMILES string of the molecule is COc1ccc2c(O[C@@H]3C[C@H]4C(=O)N[C@]5(C(=O)NS(=O)(=O)C6CC6)C[C@H]5/C=C\CCCCO[C@H](C)C(=O)N4C3)cc(-c3cccc(C(C)C)n3)nc2c1C. The van der Waals surface area contributed by atoms with Crippen LogP contribution in [0.25, 0.3) is 22.3 Å². The van der Waals surface area contributed by atoms with E-state index in [2.05, 4.69) is 23.9 Å². The number of hydrogen-bond acceptors (Lipinski definition) is 10. The molecule has 0 radical (unpaired) electrons. The molecular formula is C40H49N5O8S. The molecule has 4 aliphatic rings. The van der Waals surface area contributed by atoms with Crippen LogP contribution >= 0.6 is 0 Å². The molecule has 4 heterocycles. The van der Waals surface area contributed by atoms with E-state index in [4.69, 9.17) is 24.2 Å². The van der Waals surface area contributed by atoms with Gasteiger partial charge in [0.25, 0.3) is 11.8 Å². The normalized spacial score (nSPS) is 27.0. The maximum Gasteiger partial charge on any atom is 0.259 e. The van der Waals surface area contributed by atoms with Gasteiger partial charge in [-0.25, -0.2) is 13.4 Å². The van der Waals surface area contributed by atoms with Gasteiger partial charge in [-0.2, -0.15) is 0 Å². The zero-order chi connectivity index (χ0) is 38.4. The zero-order valence-corrected chi connectivity index (χ0v) is 32.3. The van der Waals surface area contributed by atoms with Gasteiger partial charge in [0.2, 0.25) is 15.9 Å². The number of rotatable bonds is 8. The summed E-state index contributed by atoms with van der Waals surface area (Å²) < 4.78 is 46.2. The first kappa shape index (κ1) is 37.7. The molecular weight excluding hydrogens is 711 g/mol. The number of aromatic nitrogens is 2. The third kappa shape index (κ3) is 7.55. The Morgan fingerprint density at radius 1 is 1.09 bits per heavy atom. The molecule has 54 heavy (non-hydrogen) atoms. The van der Waals surface area contributed by atoms with E-state index in [1.165, 1.54) is 4.90 Å². The Bertz CT molecular complexity index is 2100. The molecule has 1 aromatic carbocycles. The highest BCUT2D eigenvalue weighted by Gasteiger charge is 2.62. The molecule has 0 bridgehead atoms. The van der Waals surface area contributed by atoms with Crippen molar-refractivity contribution in [1.29, 1.82) is 0 Å². The van der Waals surface area contributed by atoms with Crippen LogP contribution in [0.2, 0.25) is 0 Å². The second-order valence-electron chi connectivity index (χ2n) is 15.3. The highest BCUT2D eigenvalue weighted by atomic mass is 32.2. The van der Waals surface area contributed by atoms with E-state index in [1.807, 2.05) is 55.5 Å². The molecule has 2 aliphatic heterocycles. The van der Waals surface area contributed by atoms with Crippen molar-refractivity contribution in [3.05, 3.63) is 59.8 Å². The number of sulfonamides is 1. The average molecular weight is 760 g/mol. The fourth-order valence-corrected chi connectivity index (χ4v) is 8.82. The van der Waals surface area contributed by atoms with E-state index in [1.54, 1.807) is 14.0 Å². The van der Waals surface area contributed by atoms with Crippen LogP contribution in [-0.4, -0.2) is 90.3 Å². The van der Waals surface area contributed by atoms with Crippen LogP contribution < -0.4 is 19.5 Å². The third-order valence-electron chi connectivity index (χ3n) is 10.9. The summed E-state index contributed by atoms with van der Waals surface area (Å²) >= 11 is 0. The maximum absolute atomic E-state index is 14.3. The van der Waals surface area contributed by atoms with Gasteiger partial charge in [-0.15, -0.1) is 0 Å². The first-order valence-corrected chi connectivity index (χ1v) is 20.4.